The number of halogens is 1. The van der Waals surface area contributed by atoms with Gasteiger partial charge in [0.15, 0.2) is 5.79 Å². The summed E-state index contributed by atoms with van der Waals surface area (Å²) in [4.78, 5) is 13.3. The first-order valence-electron chi connectivity index (χ1n) is 7.04. The Labute approximate surface area is 122 Å². The molecular formula is C15H18FNO4. The minimum atomic E-state index is -0.536. The van der Waals surface area contributed by atoms with Crippen LogP contribution in [0.15, 0.2) is 18.2 Å². The molecule has 0 aliphatic carbocycles. The molecule has 2 fully saturated rings. The Balaban J connectivity index is 1.72. The van der Waals surface area contributed by atoms with Crippen LogP contribution in [0.5, 0.6) is 0 Å². The summed E-state index contributed by atoms with van der Waals surface area (Å²) in [5.41, 5.74) is 0.713. The zero-order chi connectivity index (χ0) is 14.9. The molecule has 2 aliphatic heterocycles. The Bertz CT molecular complexity index is 532. The summed E-state index contributed by atoms with van der Waals surface area (Å²) in [6.45, 7) is 2.58. The second-order valence-corrected chi connectivity index (χ2v) is 5.25. The molecule has 1 aromatic carbocycles. The Morgan fingerprint density at radius 3 is 2.52 bits per heavy atom. The van der Waals surface area contributed by atoms with Gasteiger partial charge in [-0.25, -0.2) is 9.18 Å². The van der Waals surface area contributed by atoms with Crippen LogP contribution in [0, 0.1) is 5.82 Å². The van der Waals surface area contributed by atoms with Crippen LogP contribution in [-0.4, -0.2) is 45.2 Å². The molecule has 0 saturated carbocycles. The predicted octanol–water partition coefficient (Wildman–Crippen LogP) is 1.96. The summed E-state index contributed by atoms with van der Waals surface area (Å²) in [6, 6.07) is 4.42. The predicted molar refractivity (Wildman–Crippen MR) is 73.8 cm³/mol. The number of anilines is 1. The second-order valence-electron chi connectivity index (χ2n) is 5.25. The first-order valence-corrected chi connectivity index (χ1v) is 7.04. The Morgan fingerprint density at radius 2 is 1.95 bits per heavy atom. The van der Waals surface area contributed by atoms with E-state index in [1.807, 2.05) is 4.90 Å². The Kier molecular flexibility index (Phi) is 3.82. The van der Waals surface area contributed by atoms with Crippen LogP contribution in [0.2, 0.25) is 0 Å². The maximum absolute atomic E-state index is 14.2. The van der Waals surface area contributed by atoms with Gasteiger partial charge < -0.3 is 19.1 Å². The number of carbonyl (C=O) groups is 1. The van der Waals surface area contributed by atoms with Crippen molar-refractivity contribution < 1.29 is 23.4 Å². The van der Waals surface area contributed by atoms with Crippen molar-refractivity contribution in [3.63, 3.8) is 0 Å². The van der Waals surface area contributed by atoms with Crippen molar-refractivity contribution in [3.05, 3.63) is 29.6 Å². The number of ether oxygens (including phenoxy) is 3. The molecule has 1 spiro atoms. The average molecular weight is 295 g/mol. The van der Waals surface area contributed by atoms with Gasteiger partial charge in [0, 0.05) is 25.9 Å². The van der Waals surface area contributed by atoms with Crippen LogP contribution in [-0.2, 0) is 14.2 Å². The number of carbonyl (C=O) groups excluding carboxylic acids is 1. The Morgan fingerprint density at radius 1 is 1.29 bits per heavy atom. The van der Waals surface area contributed by atoms with Crippen molar-refractivity contribution in [1.29, 1.82) is 0 Å². The Hall–Kier alpha value is -1.66. The topological polar surface area (TPSA) is 48.0 Å². The second kappa shape index (κ2) is 5.61. The minimum absolute atomic E-state index is 0.217. The fourth-order valence-corrected chi connectivity index (χ4v) is 2.88. The highest BCUT2D eigenvalue weighted by molar-refractivity contribution is 5.89. The number of hydrogen-bond donors (Lipinski definition) is 0. The summed E-state index contributed by atoms with van der Waals surface area (Å²) in [7, 11) is 1.28. The van der Waals surface area contributed by atoms with Gasteiger partial charge in [-0.15, -0.1) is 0 Å². The minimum Gasteiger partial charge on any atom is -0.465 e. The molecule has 0 aromatic heterocycles. The van der Waals surface area contributed by atoms with E-state index in [-0.39, 0.29) is 5.56 Å². The molecule has 0 radical (unpaired) electrons. The van der Waals surface area contributed by atoms with E-state index in [0.717, 1.165) is 0 Å². The molecule has 3 rings (SSSR count). The lowest BCUT2D eigenvalue weighted by Crippen LogP contribution is -2.45. The normalized spacial score (nSPS) is 20.8. The molecule has 1 aromatic rings. The van der Waals surface area contributed by atoms with E-state index < -0.39 is 17.6 Å². The summed E-state index contributed by atoms with van der Waals surface area (Å²) < 4.78 is 30.1. The number of piperidine rings is 1. The molecule has 0 amide bonds. The van der Waals surface area contributed by atoms with Crippen molar-refractivity contribution >= 4 is 11.7 Å². The third-order valence-corrected chi connectivity index (χ3v) is 4.05. The molecule has 5 nitrogen and oxygen atoms in total. The van der Waals surface area contributed by atoms with Crippen molar-refractivity contribution in [1.82, 2.24) is 0 Å². The number of esters is 1. The maximum atomic E-state index is 14.2. The number of rotatable bonds is 2. The van der Waals surface area contributed by atoms with E-state index in [1.165, 1.54) is 13.2 Å². The molecule has 0 atom stereocenters. The first kappa shape index (κ1) is 14.3. The number of nitrogens with zero attached hydrogens (tertiary/aromatic N) is 1. The van der Waals surface area contributed by atoms with E-state index in [4.69, 9.17) is 9.47 Å². The molecule has 6 heteroatoms. The molecule has 114 valence electrons. The van der Waals surface area contributed by atoms with Gasteiger partial charge in [0.05, 0.1) is 31.6 Å². The van der Waals surface area contributed by atoms with Crippen LogP contribution in [0.25, 0.3) is 0 Å². The molecule has 21 heavy (non-hydrogen) atoms. The third-order valence-electron chi connectivity index (χ3n) is 4.05. The lowest BCUT2D eigenvalue weighted by Gasteiger charge is -2.38. The molecule has 2 aliphatic rings. The fraction of sp³-hybridized carbons (Fsp3) is 0.533. The maximum Gasteiger partial charge on any atom is 0.337 e. The molecule has 0 N–H and O–H groups in total. The number of benzene rings is 1. The van der Waals surface area contributed by atoms with Crippen LogP contribution in [0.4, 0.5) is 10.1 Å². The average Bonchev–Trinajstić information content (AvgIpc) is 2.96. The van der Waals surface area contributed by atoms with Crippen LogP contribution >= 0.6 is 0 Å². The van der Waals surface area contributed by atoms with Gasteiger partial charge in [-0.3, -0.25) is 0 Å². The van der Waals surface area contributed by atoms with Crippen molar-refractivity contribution in [2.45, 2.75) is 18.6 Å². The standard InChI is InChI=1S/C15H18FNO4/c1-19-14(18)11-2-3-13(12(16)10-11)17-6-4-15(5-7-17)20-8-9-21-15/h2-3,10H,4-9H2,1H3. The van der Waals surface area contributed by atoms with Crippen molar-refractivity contribution in [3.8, 4) is 0 Å². The lowest BCUT2D eigenvalue weighted by molar-refractivity contribution is -0.169. The van der Waals surface area contributed by atoms with E-state index in [0.29, 0.717) is 44.8 Å². The fourth-order valence-electron chi connectivity index (χ4n) is 2.88. The molecule has 0 unspecified atom stereocenters. The zero-order valence-corrected chi connectivity index (χ0v) is 11.9. The van der Waals surface area contributed by atoms with Crippen LogP contribution in [0.1, 0.15) is 23.2 Å². The van der Waals surface area contributed by atoms with Gasteiger partial charge >= 0.3 is 5.97 Å². The third kappa shape index (κ3) is 2.73. The highest BCUT2D eigenvalue weighted by atomic mass is 19.1. The van der Waals surface area contributed by atoms with Gasteiger partial charge in [0.1, 0.15) is 5.82 Å². The van der Waals surface area contributed by atoms with E-state index in [1.54, 1.807) is 12.1 Å². The van der Waals surface area contributed by atoms with Crippen molar-refractivity contribution in [2.24, 2.45) is 0 Å². The SMILES string of the molecule is COC(=O)c1ccc(N2CCC3(CC2)OCCO3)c(F)c1. The lowest BCUT2D eigenvalue weighted by atomic mass is 10.0. The van der Waals surface area contributed by atoms with Crippen molar-refractivity contribution in [2.75, 3.05) is 38.3 Å². The molecule has 0 bridgehead atoms. The zero-order valence-electron chi connectivity index (χ0n) is 11.9. The van der Waals surface area contributed by atoms with Gasteiger partial charge in [-0.1, -0.05) is 0 Å². The summed E-state index contributed by atoms with van der Waals surface area (Å²) in [5, 5.41) is 0. The van der Waals surface area contributed by atoms with Crippen LogP contribution in [0.3, 0.4) is 0 Å². The highest BCUT2D eigenvalue weighted by Gasteiger charge is 2.40. The number of methoxy groups -OCH3 is 1. The summed E-state index contributed by atoms with van der Waals surface area (Å²) in [6.07, 6.45) is 1.43. The van der Waals surface area contributed by atoms with Gasteiger partial charge in [-0.05, 0) is 18.2 Å². The smallest absolute Gasteiger partial charge is 0.337 e. The quantitative estimate of drug-likeness (QED) is 0.781. The monoisotopic (exact) mass is 295 g/mol. The molecule has 2 saturated heterocycles. The highest BCUT2D eigenvalue weighted by Crippen LogP contribution is 2.34. The van der Waals surface area contributed by atoms with Gasteiger partial charge in [-0.2, -0.15) is 0 Å². The molecular weight excluding hydrogens is 277 g/mol. The molecule has 2 heterocycles. The van der Waals surface area contributed by atoms with Gasteiger partial charge in [0.2, 0.25) is 0 Å². The van der Waals surface area contributed by atoms with E-state index in [2.05, 4.69) is 4.74 Å². The number of hydrogen-bond acceptors (Lipinski definition) is 5. The summed E-state index contributed by atoms with van der Waals surface area (Å²) in [5.74, 6) is -1.42. The van der Waals surface area contributed by atoms with E-state index in [9.17, 15) is 9.18 Å². The van der Waals surface area contributed by atoms with Crippen LogP contribution < -0.4 is 4.90 Å². The largest absolute Gasteiger partial charge is 0.465 e. The summed E-state index contributed by atoms with van der Waals surface area (Å²) >= 11 is 0. The van der Waals surface area contributed by atoms with E-state index >= 15 is 0 Å². The van der Waals surface area contributed by atoms with Gasteiger partial charge in [0.25, 0.3) is 0 Å². The first-order chi connectivity index (χ1) is 10.1.